The van der Waals surface area contributed by atoms with Gasteiger partial charge in [-0.25, -0.2) is 13.2 Å². The number of nitrogens with one attached hydrogen (secondary N) is 1. The van der Waals surface area contributed by atoms with E-state index in [1.807, 2.05) is 0 Å². The number of halogens is 3. The Kier molecular flexibility index (Phi) is 9.42. The number of alkyl halides is 3. The van der Waals surface area contributed by atoms with Crippen LogP contribution in [-0.4, -0.2) is 75.2 Å². The number of methoxy groups -OCH3 is 2. The summed E-state index contributed by atoms with van der Waals surface area (Å²) < 4.78 is 77.6. The van der Waals surface area contributed by atoms with Crippen molar-refractivity contribution in [2.75, 3.05) is 27.3 Å². The molecule has 1 saturated heterocycles. The number of carboxylic acid groups (broad SMARTS) is 1. The molecule has 1 aliphatic rings. The molecule has 0 bridgehead atoms. The molecular formula is C29H30F3N3O6S. The number of amidine groups is 1. The lowest BCUT2D eigenvalue weighted by atomic mass is 9.98. The van der Waals surface area contributed by atoms with Gasteiger partial charge in [-0.3, -0.25) is 4.99 Å². The minimum absolute atomic E-state index is 0.0218. The van der Waals surface area contributed by atoms with Gasteiger partial charge in [0, 0.05) is 13.0 Å². The van der Waals surface area contributed by atoms with Crippen LogP contribution >= 0.6 is 0 Å². The highest BCUT2D eigenvalue weighted by atomic mass is 32.2. The summed E-state index contributed by atoms with van der Waals surface area (Å²) in [5, 5.41) is 12.6. The van der Waals surface area contributed by atoms with Crippen molar-refractivity contribution in [2.24, 2.45) is 4.99 Å². The molecule has 1 aliphatic heterocycles. The Morgan fingerprint density at radius 3 is 2.14 bits per heavy atom. The van der Waals surface area contributed by atoms with Crippen LogP contribution in [-0.2, 0) is 21.2 Å². The molecule has 224 valence electrons. The van der Waals surface area contributed by atoms with Gasteiger partial charge in [-0.2, -0.15) is 17.5 Å². The van der Waals surface area contributed by atoms with Crippen molar-refractivity contribution in [1.82, 2.24) is 9.62 Å². The van der Waals surface area contributed by atoms with Crippen LogP contribution < -0.4 is 14.8 Å². The topological polar surface area (TPSA) is 118 Å². The quantitative estimate of drug-likeness (QED) is 0.246. The summed E-state index contributed by atoms with van der Waals surface area (Å²) in [5.41, 5.74) is 2.02. The Hall–Kier alpha value is -4.10. The predicted molar refractivity (Wildman–Crippen MR) is 150 cm³/mol. The average Bonchev–Trinajstić information content (AvgIpc) is 2.94. The van der Waals surface area contributed by atoms with Crippen molar-refractivity contribution < 1.29 is 41.0 Å². The molecule has 4 rings (SSSR count). The maximum absolute atomic E-state index is 13.2. The second kappa shape index (κ2) is 12.8. The monoisotopic (exact) mass is 605 g/mol. The number of sulfonamides is 1. The fraction of sp³-hybridized carbons (Fsp3) is 0.310. The summed E-state index contributed by atoms with van der Waals surface area (Å²) >= 11 is 0. The average molecular weight is 606 g/mol. The zero-order chi connectivity index (χ0) is 30.5. The Morgan fingerprint density at radius 1 is 1.02 bits per heavy atom. The van der Waals surface area contributed by atoms with E-state index in [0.717, 1.165) is 9.87 Å². The lowest BCUT2D eigenvalue weighted by molar-refractivity contribution is -0.139. The highest BCUT2D eigenvalue weighted by Crippen LogP contribution is 2.38. The summed E-state index contributed by atoms with van der Waals surface area (Å²) in [7, 11) is -0.985. The molecule has 0 saturated carbocycles. The molecular weight excluding hydrogens is 575 g/mol. The highest BCUT2D eigenvalue weighted by molar-refractivity contribution is 7.89. The minimum atomic E-state index is -4.67. The van der Waals surface area contributed by atoms with E-state index in [-0.39, 0.29) is 30.1 Å². The Morgan fingerprint density at radius 2 is 1.64 bits per heavy atom. The van der Waals surface area contributed by atoms with E-state index in [0.29, 0.717) is 22.6 Å². The molecule has 0 aromatic heterocycles. The van der Waals surface area contributed by atoms with Crippen molar-refractivity contribution in [2.45, 2.75) is 36.0 Å². The summed E-state index contributed by atoms with van der Waals surface area (Å²) in [6, 6.07) is 17.3. The van der Waals surface area contributed by atoms with E-state index in [4.69, 9.17) is 9.47 Å². The molecule has 1 fully saturated rings. The number of carboxylic acids is 1. The minimum Gasteiger partial charge on any atom is -0.496 e. The SMILES string of the molecule is COc1cccc(OC)c1-c1ccc(C[C@H](NC(=NCC(F)(F)F)[C@@H]2CCN2S(=O)(=O)c2ccccc2)C(=O)O)cc1. The number of hydrogen-bond donors (Lipinski definition) is 2. The molecule has 3 aromatic rings. The first kappa shape index (κ1) is 30.8. The van der Waals surface area contributed by atoms with E-state index in [9.17, 15) is 31.5 Å². The number of nitrogens with zero attached hydrogens (tertiary/aromatic N) is 2. The molecule has 13 heteroatoms. The van der Waals surface area contributed by atoms with Gasteiger partial charge in [-0.15, -0.1) is 0 Å². The van der Waals surface area contributed by atoms with Gasteiger partial charge in [-0.1, -0.05) is 48.5 Å². The van der Waals surface area contributed by atoms with Gasteiger partial charge in [0.1, 0.15) is 29.9 Å². The summed E-state index contributed by atoms with van der Waals surface area (Å²) in [5.74, 6) is -0.524. The maximum Gasteiger partial charge on any atom is 0.408 e. The van der Waals surface area contributed by atoms with E-state index >= 15 is 0 Å². The molecule has 42 heavy (non-hydrogen) atoms. The van der Waals surface area contributed by atoms with Crippen molar-refractivity contribution in [3.05, 3.63) is 78.4 Å². The molecule has 0 aliphatic carbocycles. The van der Waals surface area contributed by atoms with Gasteiger partial charge in [0.15, 0.2) is 0 Å². The molecule has 3 aromatic carbocycles. The van der Waals surface area contributed by atoms with Crippen LogP contribution in [0.3, 0.4) is 0 Å². The van der Waals surface area contributed by atoms with Gasteiger partial charge in [-0.05, 0) is 41.8 Å². The molecule has 1 heterocycles. The van der Waals surface area contributed by atoms with E-state index in [1.165, 1.54) is 38.5 Å². The Bertz CT molecular complexity index is 1510. The molecule has 0 unspecified atom stereocenters. The first-order chi connectivity index (χ1) is 19.9. The number of aliphatic imine (C=N–C) groups is 1. The van der Waals surface area contributed by atoms with Gasteiger partial charge >= 0.3 is 12.1 Å². The molecule has 9 nitrogen and oxygen atoms in total. The first-order valence-electron chi connectivity index (χ1n) is 12.9. The normalized spacial score (nSPS) is 16.8. The third-order valence-electron chi connectivity index (χ3n) is 6.80. The number of carbonyl (C=O) groups is 1. The summed E-state index contributed by atoms with van der Waals surface area (Å²) in [6.45, 7) is -1.53. The third-order valence-corrected chi connectivity index (χ3v) is 8.72. The van der Waals surface area contributed by atoms with Gasteiger partial charge < -0.3 is 19.9 Å². The van der Waals surface area contributed by atoms with Crippen LogP contribution in [0.1, 0.15) is 12.0 Å². The van der Waals surface area contributed by atoms with Crippen LogP contribution in [0.4, 0.5) is 13.2 Å². The molecule has 0 amide bonds. The third kappa shape index (κ3) is 7.02. The Labute approximate surface area is 241 Å². The number of hydrogen-bond acceptors (Lipinski definition) is 6. The van der Waals surface area contributed by atoms with E-state index in [1.54, 1.807) is 48.5 Å². The molecule has 0 spiro atoms. The summed E-state index contributed by atoms with van der Waals surface area (Å²) in [4.78, 5) is 15.8. The van der Waals surface area contributed by atoms with Gasteiger partial charge in [0.25, 0.3) is 0 Å². The van der Waals surface area contributed by atoms with E-state index < -0.39 is 40.8 Å². The summed E-state index contributed by atoms with van der Waals surface area (Å²) in [6.07, 6.45) is -4.60. The maximum atomic E-state index is 13.2. The lowest BCUT2D eigenvalue weighted by Gasteiger charge is -2.41. The van der Waals surface area contributed by atoms with Crippen LogP contribution in [0.2, 0.25) is 0 Å². The van der Waals surface area contributed by atoms with Gasteiger partial charge in [0.2, 0.25) is 10.0 Å². The van der Waals surface area contributed by atoms with Crippen LogP contribution in [0.5, 0.6) is 11.5 Å². The van der Waals surface area contributed by atoms with Crippen LogP contribution in [0.15, 0.2) is 82.7 Å². The predicted octanol–water partition coefficient (Wildman–Crippen LogP) is 4.38. The standard InChI is InChI=1S/C29H30F3N3O6S/c1-40-24-9-6-10-25(41-2)26(24)20-13-11-19(12-14-20)17-22(28(36)37)34-27(33-18-29(30,31)32)23-15-16-35(23)42(38,39)21-7-4-3-5-8-21/h3-14,22-23H,15-18H2,1-2H3,(H,33,34)(H,36,37)/t22-,23-/m0/s1. The second-order valence-corrected chi connectivity index (χ2v) is 11.4. The number of benzene rings is 3. The zero-order valence-corrected chi connectivity index (χ0v) is 23.7. The lowest BCUT2D eigenvalue weighted by Crippen LogP contribution is -2.60. The molecule has 2 atom stereocenters. The fourth-order valence-corrected chi connectivity index (χ4v) is 6.29. The van der Waals surface area contributed by atoms with Crippen LogP contribution in [0, 0.1) is 0 Å². The molecule has 0 radical (unpaired) electrons. The number of aliphatic carboxylic acids is 1. The Balaban J connectivity index is 1.58. The second-order valence-electron chi connectivity index (χ2n) is 9.52. The first-order valence-corrected chi connectivity index (χ1v) is 14.4. The smallest absolute Gasteiger partial charge is 0.408 e. The van der Waals surface area contributed by atoms with Crippen LogP contribution in [0.25, 0.3) is 11.1 Å². The van der Waals surface area contributed by atoms with Crippen molar-refractivity contribution >= 4 is 21.8 Å². The van der Waals surface area contributed by atoms with Crippen molar-refractivity contribution in [3.8, 4) is 22.6 Å². The number of ether oxygens (including phenoxy) is 2. The fourth-order valence-electron chi connectivity index (χ4n) is 4.63. The van der Waals surface area contributed by atoms with Crippen molar-refractivity contribution in [1.29, 1.82) is 0 Å². The zero-order valence-electron chi connectivity index (χ0n) is 22.8. The van der Waals surface area contributed by atoms with Crippen molar-refractivity contribution in [3.63, 3.8) is 0 Å². The van der Waals surface area contributed by atoms with E-state index in [2.05, 4.69) is 10.3 Å². The number of rotatable bonds is 11. The van der Waals surface area contributed by atoms with Gasteiger partial charge in [0.05, 0.1) is 30.7 Å². The molecule has 2 N–H and O–H groups in total. The highest BCUT2D eigenvalue weighted by Gasteiger charge is 2.43. The largest absolute Gasteiger partial charge is 0.496 e.